The number of rotatable bonds is 5. The molecule has 5 nitrogen and oxygen atoms in total. The van der Waals surface area contributed by atoms with Gasteiger partial charge in [0, 0.05) is 31.3 Å². The molecule has 1 aromatic heterocycles. The molecule has 0 spiro atoms. The van der Waals surface area contributed by atoms with Crippen LogP contribution in [0.1, 0.15) is 18.3 Å². The molecule has 1 aliphatic rings. The van der Waals surface area contributed by atoms with Crippen LogP contribution >= 0.6 is 0 Å². The molecule has 1 N–H and O–H groups in total. The SMILES string of the molecule is OC(CCN1CCOCC1)c1cc(-c2ccccc2)no1. The standard InChI is InChI=1S/C16H20N2O3/c19-15(6-7-18-8-10-20-11-9-18)16-12-14(17-21-16)13-4-2-1-3-5-13/h1-5,12,15,19H,6-11H2. The number of morpholine rings is 1. The van der Waals surface area contributed by atoms with Crippen molar-refractivity contribution < 1.29 is 14.4 Å². The Labute approximate surface area is 124 Å². The minimum atomic E-state index is -0.613. The van der Waals surface area contributed by atoms with Gasteiger partial charge in [0.25, 0.3) is 0 Å². The second-order valence-corrected chi connectivity index (χ2v) is 5.24. The van der Waals surface area contributed by atoms with Crippen LogP contribution in [0.15, 0.2) is 40.9 Å². The van der Waals surface area contributed by atoms with E-state index >= 15 is 0 Å². The zero-order valence-electron chi connectivity index (χ0n) is 11.9. The van der Waals surface area contributed by atoms with Gasteiger partial charge in [0.2, 0.25) is 0 Å². The number of ether oxygens (including phenoxy) is 1. The van der Waals surface area contributed by atoms with E-state index in [1.54, 1.807) is 0 Å². The third kappa shape index (κ3) is 3.69. The van der Waals surface area contributed by atoms with Crippen molar-refractivity contribution in [3.63, 3.8) is 0 Å². The molecule has 3 rings (SSSR count). The first-order valence-corrected chi connectivity index (χ1v) is 7.33. The minimum absolute atomic E-state index is 0.530. The fourth-order valence-corrected chi connectivity index (χ4v) is 2.46. The van der Waals surface area contributed by atoms with Gasteiger partial charge in [0.15, 0.2) is 5.76 Å². The molecular formula is C16H20N2O3. The Balaban J connectivity index is 1.57. The number of nitrogens with zero attached hydrogens (tertiary/aromatic N) is 2. The maximum Gasteiger partial charge on any atom is 0.165 e. The summed E-state index contributed by atoms with van der Waals surface area (Å²) in [5.74, 6) is 0.530. The monoisotopic (exact) mass is 288 g/mol. The second kappa shape index (κ2) is 6.85. The Bertz CT molecular complexity index is 550. The quantitative estimate of drug-likeness (QED) is 0.913. The number of aliphatic hydroxyl groups excluding tert-OH is 1. The lowest BCUT2D eigenvalue weighted by molar-refractivity contribution is 0.0277. The third-order valence-corrected chi connectivity index (χ3v) is 3.75. The highest BCUT2D eigenvalue weighted by atomic mass is 16.5. The summed E-state index contributed by atoms with van der Waals surface area (Å²) in [5.41, 5.74) is 1.75. The van der Waals surface area contributed by atoms with E-state index in [-0.39, 0.29) is 0 Å². The summed E-state index contributed by atoms with van der Waals surface area (Å²) in [6.45, 7) is 4.25. The predicted octanol–water partition coefficient (Wildman–Crippen LogP) is 2.10. The zero-order chi connectivity index (χ0) is 14.5. The lowest BCUT2D eigenvalue weighted by Crippen LogP contribution is -2.37. The molecule has 2 aromatic rings. The van der Waals surface area contributed by atoms with E-state index in [1.807, 2.05) is 36.4 Å². The van der Waals surface area contributed by atoms with Gasteiger partial charge in [-0.15, -0.1) is 0 Å². The van der Waals surface area contributed by atoms with Gasteiger partial charge in [-0.3, -0.25) is 4.90 Å². The summed E-state index contributed by atoms with van der Waals surface area (Å²) in [6, 6.07) is 11.6. The molecule has 5 heteroatoms. The van der Waals surface area contributed by atoms with Crippen molar-refractivity contribution in [2.45, 2.75) is 12.5 Å². The van der Waals surface area contributed by atoms with Gasteiger partial charge in [-0.25, -0.2) is 0 Å². The van der Waals surface area contributed by atoms with E-state index in [0.29, 0.717) is 12.2 Å². The first-order chi connectivity index (χ1) is 10.3. The van der Waals surface area contributed by atoms with Gasteiger partial charge in [-0.1, -0.05) is 35.5 Å². The molecule has 1 unspecified atom stereocenters. The average molecular weight is 288 g/mol. The Morgan fingerprint density at radius 1 is 1.19 bits per heavy atom. The first-order valence-electron chi connectivity index (χ1n) is 7.33. The highest BCUT2D eigenvalue weighted by Crippen LogP contribution is 2.24. The van der Waals surface area contributed by atoms with Crippen molar-refractivity contribution in [2.24, 2.45) is 0 Å². The molecule has 1 saturated heterocycles. The Morgan fingerprint density at radius 2 is 1.95 bits per heavy atom. The van der Waals surface area contributed by atoms with Gasteiger partial charge in [0.1, 0.15) is 11.8 Å². The topological polar surface area (TPSA) is 58.7 Å². The number of aromatic nitrogens is 1. The minimum Gasteiger partial charge on any atom is -0.385 e. The van der Waals surface area contributed by atoms with E-state index < -0.39 is 6.10 Å². The van der Waals surface area contributed by atoms with E-state index in [1.165, 1.54) is 0 Å². The Kier molecular flexibility index (Phi) is 4.65. The molecule has 1 fully saturated rings. The van der Waals surface area contributed by atoms with E-state index in [2.05, 4.69) is 10.1 Å². The Morgan fingerprint density at radius 3 is 2.71 bits per heavy atom. The third-order valence-electron chi connectivity index (χ3n) is 3.75. The van der Waals surface area contributed by atoms with Gasteiger partial charge < -0.3 is 14.4 Å². The molecule has 0 aliphatic carbocycles. The molecule has 0 amide bonds. The summed E-state index contributed by atoms with van der Waals surface area (Å²) in [4.78, 5) is 2.29. The summed E-state index contributed by atoms with van der Waals surface area (Å²) in [6.07, 6.45) is 0.0291. The van der Waals surface area contributed by atoms with Gasteiger partial charge in [-0.05, 0) is 6.42 Å². The van der Waals surface area contributed by atoms with E-state index in [4.69, 9.17) is 9.26 Å². The first kappa shape index (κ1) is 14.3. The molecule has 1 atom stereocenters. The van der Waals surface area contributed by atoms with Crippen LogP contribution in [-0.2, 0) is 4.74 Å². The maximum absolute atomic E-state index is 10.2. The summed E-state index contributed by atoms with van der Waals surface area (Å²) in [5, 5.41) is 14.3. The fourth-order valence-electron chi connectivity index (χ4n) is 2.46. The molecule has 0 saturated carbocycles. The van der Waals surface area contributed by atoms with Crippen LogP contribution in [0.3, 0.4) is 0 Å². The molecule has 1 aromatic carbocycles. The van der Waals surface area contributed by atoms with Crippen molar-refractivity contribution >= 4 is 0 Å². The predicted molar refractivity (Wildman–Crippen MR) is 78.8 cm³/mol. The maximum atomic E-state index is 10.2. The van der Waals surface area contributed by atoms with E-state index in [0.717, 1.165) is 44.1 Å². The highest BCUT2D eigenvalue weighted by molar-refractivity contribution is 5.58. The van der Waals surface area contributed by atoms with Crippen LogP contribution in [0.5, 0.6) is 0 Å². The van der Waals surface area contributed by atoms with Crippen LogP contribution in [0.2, 0.25) is 0 Å². The van der Waals surface area contributed by atoms with Gasteiger partial charge in [0.05, 0.1) is 13.2 Å². The van der Waals surface area contributed by atoms with Crippen molar-refractivity contribution in [1.29, 1.82) is 0 Å². The van der Waals surface area contributed by atoms with Crippen molar-refractivity contribution in [2.75, 3.05) is 32.8 Å². The van der Waals surface area contributed by atoms with Crippen LogP contribution in [0.4, 0.5) is 0 Å². The van der Waals surface area contributed by atoms with Crippen LogP contribution in [0.25, 0.3) is 11.3 Å². The second-order valence-electron chi connectivity index (χ2n) is 5.24. The molecule has 21 heavy (non-hydrogen) atoms. The largest absolute Gasteiger partial charge is 0.385 e. The van der Waals surface area contributed by atoms with Crippen molar-refractivity contribution in [3.05, 3.63) is 42.2 Å². The molecule has 0 bridgehead atoms. The zero-order valence-corrected chi connectivity index (χ0v) is 11.9. The average Bonchev–Trinajstić information content (AvgIpc) is 3.04. The van der Waals surface area contributed by atoms with E-state index in [9.17, 15) is 5.11 Å². The Hall–Kier alpha value is -1.69. The lowest BCUT2D eigenvalue weighted by atomic mass is 10.1. The smallest absolute Gasteiger partial charge is 0.165 e. The van der Waals surface area contributed by atoms with Crippen LogP contribution in [-0.4, -0.2) is 48.0 Å². The highest BCUT2D eigenvalue weighted by Gasteiger charge is 2.17. The lowest BCUT2D eigenvalue weighted by Gasteiger charge is -2.26. The molecule has 0 radical (unpaired) electrons. The van der Waals surface area contributed by atoms with Crippen molar-refractivity contribution in [1.82, 2.24) is 10.1 Å². The summed E-state index contributed by atoms with van der Waals surface area (Å²) in [7, 11) is 0. The molecule has 112 valence electrons. The van der Waals surface area contributed by atoms with Crippen LogP contribution in [0, 0.1) is 0 Å². The molecule has 1 aliphatic heterocycles. The molecular weight excluding hydrogens is 268 g/mol. The van der Waals surface area contributed by atoms with Gasteiger partial charge in [-0.2, -0.15) is 0 Å². The summed E-state index contributed by atoms with van der Waals surface area (Å²) < 4.78 is 10.6. The summed E-state index contributed by atoms with van der Waals surface area (Å²) >= 11 is 0. The van der Waals surface area contributed by atoms with Crippen LogP contribution < -0.4 is 0 Å². The molecule has 2 heterocycles. The van der Waals surface area contributed by atoms with Gasteiger partial charge >= 0.3 is 0 Å². The normalized spacial score (nSPS) is 17.8. The van der Waals surface area contributed by atoms with Crippen molar-refractivity contribution in [3.8, 4) is 11.3 Å². The number of hydrogen-bond acceptors (Lipinski definition) is 5. The fraction of sp³-hybridized carbons (Fsp3) is 0.438. The number of hydrogen-bond donors (Lipinski definition) is 1. The number of aliphatic hydroxyl groups is 1. The number of benzene rings is 1.